The van der Waals surface area contributed by atoms with Crippen LogP contribution >= 0.6 is 0 Å². The first-order chi connectivity index (χ1) is 15.9. The number of benzene rings is 2. The fraction of sp³-hybridized carbons (Fsp3) is 0.429. The largest absolute Gasteiger partial charge is 0.416 e. The van der Waals surface area contributed by atoms with Crippen molar-refractivity contribution < 1.29 is 13.2 Å². The van der Waals surface area contributed by atoms with E-state index >= 15 is 0 Å². The lowest BCUT2D eigenvalue weighted by atomic mass is 9.81. The molecule has 1 heterocycles. The maximum Gasteiger partial charge on any atom is 0.416 e. The highest BCUT2D eigenvalue weighted by molar-refractivity contribution is 5.93. The van der Waals surface area contributed by atoms with Gasteiger partial charge in [-0.25, -0.2) is 0 Å². The molecule has 0 amide bonds. The average Bonchev–Trinajstić information content (AvgIpc) is 3.08. The Morgan fingerprint density at radius 1 is 0.970 bits per heavy atom. The van der Waals surface area contributed by atoms with E-state index in [9.17, 15) is 13.2 Å². The Morgan fingerprint density at radius 2 is 1.67 bits per heavy atom. The standard InChI is InChI=1S/C21H26N2.C7H5F3/c1-13(21-16-6-3-7-17(16)21)23-20-12-22-19-9-8-15(11-18(19)20)10-14-4-2-5-14;8-7(9,10)6-4-2-1-3-5-6/h8-9,11-12,14,16-17,21-23H,1-7,10H2;1-5H. The lowest BCUT2D eigenvalue weighted by Gasteiger charge is -2.25. The van der Waals surface area contributed by atoms with Gasteiger partial charge in [0.25, 0.3) is 0 Å². The quantitative estimate of drug-likeness (QED) is 0.401. The van der Waals surface area contributed by atoms with Gasteiger partial charge in [-0.2, -0.15) is 13.2 Å². The van der Waals surface area contributed by atoms with Crippen LogP contribution in [0.4, 0.5) is 18.9 Å². The van der Waals surface area contributed by atoms with E-state index in [0.29, 0.717) is 0 Å². The Balaban J connectivity index is 0.000000193. The van der Waals surface area contributed by atoms with E-state index in [1.807, 2.05) is 0 Å². The van der Waals surface area contributed by atoms with Gasteiger partial charge in [-0.3, -0.25) is 0 Å². The monoisotopic (exact) mass is 452 g/mol. The lowest BCUT2D eigenvalue weighted by Crippen LogP contribution is -2.13. The van der Waals surface area contributed by atoms with Crippen molar-refractivity contribution in [2.24, 2.45) is 23.7 Å². The Bertz CT molecular complexity index is 1100. The van der Waals surface area contributed by atoms with Gasteiger partial charge in [0.15, 0.2) is 0 Å². The molecule has 1 aromatic heterocycles. The molecule has 2 unspecified atom stereocenters. The van der Waals surface area contributed by atoms with E-state index in [-0.39, 0.29) is 0 Å². The number of allylic oxidation sites excluding steroid dienone is 1. The van der Waals surface area contributed by atoms with Crippen molar-refractivity contribution in [2.45, 2.75) is 51.1 Å². The van der Waals surface area contributed by atoms with Crippen molar-refractivity contribution in [3.63, 3.8) is 0 Å². The summed E-state index contributed by atoms with van der Waals surface area (Å²) in [5.74, 6) is 3.50. The van der Waals surface area contributed by atoms with Gasteiger partial charge in [-0.15, -0.1) is 0 Å². The lowest BCUT2D eigenvalue weighted by molar-refractivity contribution is -0.137. The second kappa shape index (κ2) is 8.92. The molecule has 0 bridgehead atoms. The van der Waals surface area contributed by atoms with Gasteiger partial charge in [0, 0.05) is 28.7 Å². The molecule has 2 atom stereocenters. The minimum absolute atomic E-state index is 0.602. The van der Waals surface area contributed by atoms with Gasteiger partial charge in [0.05, 0.1) is 11.3 Å². The van der Waals surface area contributed by atoms with Crippen LogP contribution < -0.4 is 5.32 Å². The van der Waals surface area contributed by atoms with Crippen LogP contribution in [0.2, 0.25) is 0 Å². The van der Waals surface area contributed by atoms with Gasteiger partial charge < -0.3 is 10.3 Å². The number of aromatic amines is 1. The zero-order valence-corrected chi connectivity index (χ0v) is 18.8. The van der Waals surface area contributed by atoms with Crippen LogP contribution in [0, 0.1) is 23.7 Å². The summed E-state index contributed by atoms with van der Waals surface area (Å²) in [4.78, 5) is 3.41. The highest BCUT2D eigenvalue weighted by atomic mass is 19.4. The maximum atomic E-state index is 11.8. The number of alkyl halides is 3. The van der Waals surface area contributed by atoms with Crippen LogP contribution in [0.15, 0.2) is 67.0 Å². The summed E-state index contributed by atoms with van der Waals surface area (Å²) in [7, 11) is 0. The Morgan fingerprint density at radius 3 is 2.27 bits per heavy atom. The molecule has 0 saturated heterocycles. The van der Waals surface area contributed by atoms with Crippen LogP contribution in [0.1, 0.15) is 49.7 Å². The SMILES string of the molecule is C=C(Nc1c[nH]c2ccc(CC3CCC3)cc12)C1C2CCCC21.FC(F)(F)c1ccccc1. The molecule has 0 radical (unpaired) electrons. The van der Waals surface area contributed by atoms with E-state index in [1.54, 1.807) is 6.07 Å². The average molecular weight is 453 g/mol. The minimum atomic E-state index is -4.21. The summed E-state index contributed by atoms with van der Waals surface area (Å²) in [6, 6.07) is 13.3. The predicted molar refractivity (Wildman–Crippen MR) is 128 cm³/mol. The number of halogens is 3. The molecule has 33 heavy (non-hydrogen) atoms. The van der Waals surface area contributed by atoms with Crippen molar-refractivity contribution in [3.05, 3.63) is 78.1 Å². The second-order valence-electron chi connectivity index (χ2n) is 9.88. The van der Waals surface area contributed by atoms with Crippen LogP contribution in [0.5, 0.6) is 0 Å². The number of fused-ring (bicyclic) bond motifs is 2. The Labute approximate surface area is 193 Å². The molecule has 3 aliphatic rings. The van der Waals surface area contributed by atoms with Crippen LogP contribution in [0.3, 0.4) is 0 Å². The van der Waals surface area contributed by atoms with Crippen molar-refractivity contribution in [1.82, 2.24) is 4.98 Å². The molecule has 0 spiro atoms. The first kappa shape index (κ1) is 22.1. The maximum absolute atomic E-state index is 11.8. The summed E-state index contributed by atoms with van der Waals surface area (Å²) in [5, 5.41) is 4.97. The first-order valence-electron chi connectivity index (χ1n) is 12.1. The van der Waals surface area contributed by atoms with Gasteiger partial charge in [-0.05, 0) is 54.7 Å². The molecule has 2 aromatic carbocycles. The van der Waals surface area contributed by atoms with E-state index in [1.165, 1.54) is 84.9 Å². The predicted octanol–water partition coefficient (Wildman–Crippen LogP) is 8.19. The summed E-state index contributed by atoms with van der Waals surface area (Å²) in [5.41, 5.74) is 4.57. The Kier molecular flexibility index (Phi) is 5.98. The zero-order valence-electron chi connectivity index (χ0n) is 18.8. The molecular weight excluding hydrogens is 421 g/mol. The number of aromatic nitrogens is 1. The van der Waals surface area contributed by atoms with E-state index < -0.39 is 11.7 Å². The molecule has 3 aromatic rings. The van der Waals surface area contributed by atoms with Crippen molar-refractivity contribution in [2.75, 3.05) is 5.32 Å². The molecule has 6 rings (SSSR count). The van der Waals surface area contributed by atoms with Crippen LogP contribution in [-0.4, -0.2) is 4.98 Å². The van der Waals surface area contributed by atoms with Gasteiger partial charge in [-0.1, -0.05) is 68.7 Å². The topological polar surface area (TPSA) is 27.8 Å². The number of anilines is 1. The first-order valence-corrected chi connectivity index (χ1v) is 12.1. The third kappa shape index (κ3) is 4.83. The Hall–Kier alpha value is -2.69. The smallest absolute Gasteiger partial charge is 0.359 e. The summed E-state index contributed by atoms with van der Waals surface area (Å²) >= 11 is 0. The van der Waals surface area contributed by atoms with Crippen LogP contribution in [-0.2, 0) is 12.6 Å². The van der Waals surface area contributed by atoms with E-state index in [4.69, 9.17) is 0 Å². The van der Waals surface area contributed by atoms with Crippen LogP contribution in [0.25, 0.3) is 10.9 Å². The summed E-state index contributed by atoms with van der Waals surface area (Å²) in [6.07, 6.45) is 7.65. The molecule has 2 N–H and O–H groups in total. The molecule has 5 heteroatoms. The number of hydrogen-bond acceptors (Lipinski definition) is 1. The number of nitrogens with one attached hydrogen (secondary N) is 2. The van der Waals surface area contributed by atoms with Gasteiger partial charge in [0.1, 0.15) is 0 Å². The molecular formula is C28H31F3N2. The van der Waals surface area contributed by atoms with E-state index in [0.717, 1.165) is 35.8 Å². The normalized spacial score (nSPS) is 23.9. The fourth-order valence-electron chi connectivity index (χ4n) is 5.65. The van der Waals surface area contributed by atoms with Gasteiger partial charge in [0.2, 0.25) is 0 Å². The molecule has 3 saturated carbocycles. The third-order valence-electron chi connectivity index (χ3n) is 7.70. The molecule has 0 aliphatic heterocycles. The third-order valence-corrected chi connectivity index (χ3v) is 7.70. The number of rotatable bonds is 5. The molecule has 3 fully saturated rings. The summed E-state index contributed by atoms with van der Waals surface area (Å²) < 4.78 is 35.4. The highest BCUT2D eigenvalue weighted by Gasteiger charge is 2.53. The van der Waals surface area contributed by atoms with Crippen molar-refractivity contribution in [3.8, 4) is 0 Å². The van der Waals surface area contributed by atoms with Gasteiger partial charge >= 0.3 is 6.18 Å². The molecule has 2 nitrogen and oxygen atoms in total. The zero-order chi connectivity index (χ0) is 23.0. The number of H-pyrrole nitrogens is 1. The molecule has 3 aliphatic carbocycles. The van der Waals surface area contributed by atoms with Crippen molar-refractivity contribution >= 4 is 16.6 Å². The fourth-order valence-corrected chi connectivity index (χ4v) is 5.65. The summed E-state index contributed by atoms with van der Waals surface area (Å²) in [6.45, 7) is 4.35. The molecule has 174 valence electrons. The van der Waals surface area contributed by atoms with E-state index in [2.05, 4.69) is 41.3 Å². The van der Waals surface area contributed by atoms with Crippen molar-refractivity contribution in [1.29, 1.82) is 0 Å². The second-order valence-corrected chi connectivity index (χ2v) is 9.88. The highest BCUT2D eigenvalue weighted by Crippen LogP contribution is 2.60. The number of hydrogen-bond donors (Lipinski definition) is 2. The minimum Gasteiger partial charge on any atom is -0.359 e.